The summed E-state index contributed by atoms with van der Waals surface area (Å²) in [5, 5.41) is 9.37. The number of amides is 2. The zero-order chi connectivity index (χ0) is 26.9. The van der Waals surface area contributed by atoms with Crippen molar-refractivity contribution in [2.75, 3.05) is 49.5 Å². The monoisotopic (exact) mass is 532 g/mol. The van der Waals surface area contributed by atoms with Gasteiger partial charge in [-0.1, -0.05) is 18.2 Å². The van der Waals surface area contributed by atoms with Crippen LogP contribution in [0.1, 0.15) is 43.4 Å². The quantitative estimate of drug-likeness (QED) is 0.418. The van der Waals surface area contributed by atoms with Gasteiger partial charge in [-0.2, -0.15) is 0 Å². The van der Waals surface area contributed by atoms with Gasteiger partial charge in [-0.15, -0.1) is 0 Å². The Morgan fingerprint density at radius 3 is 2.54 bits per heavy atom. The lowest BCUT2D eigenvalue weighted by Gasteiger charge is -2.34. The number of nitrogens with one attached hydrogen (secondary N) is 3. The number of para-hydroxylation sites is 1. The number of piperidine rings is 2. The highest BCUT2D eigenvalue weighted by Crippen LogP contribution is 2.32. The Labute approximate surface area is 227 Å². The summed E-state index contributed by atoms with van der Waals surface area (Å²) in [7, 11) is 1.76. The molecule has 0 bridgehead atoms. The van der Waals surface area contributed by atoms with E-state index in [4.69, 9.17) is 4.74 Å². The Kier molecular flexibility index (Phi) is 7.14. The van der Waals surface area contributed by atoms with Crippen molar-refractivity contribution in [2.24, 2.45) is 13.0 Å². The molecular weight excluding hydrogens is 496 g/mol. The maximum Gasteiger partial charge on any atom is 0.329 e. The number of imide groups is 1. The molecule has 0 radical (unpaired) electrons. The van der Waals surface area contributed by atoms with E-state index in [1.165, 1.54) is 5.56 Å². The third-order valence-corrected chi connectivity index (χ3v) is 8.36. The molecule has 3 aliphatic heterocycles. The molecule has 0 aliphatic carbocycles. The van der Waals surface area contributed by atoms with Gasteiger partial charge in [0.1, 0.15) is 6.04 Å². The van der Waals surface area contributed by atoms with Crippen LogP contribution in [0.25, 0.3) is 11.0 Å². The molecule has 10 heteroatoms. The number of carbonyl (C=O) groups is 2. The third kappa shape index (κ3) is 5.06. The number of carbonyl (C=O) groups excluding carboxylic acids is 2. The van der Waals surface area contributed by atoms with Crippen molar-refractivity contribution in [1.29, 1.82) is 0 Å². The molecule has 3 saturated heterocycles. The van der Waals surface area contributed by atoms with Crippen molar-refractivity contribution in [3.63, 3.8) is 0 Å². The summed E-state index contributed by atoms with van der Waals surface area (Å²) in [6.07, 6.45) is 2.79. The van der Waals surface area contributed by atoms with E-state index in [0.29, 0.717) is 12.3 Å². The Balaban J connectivity index is 1.11. The number of ether oxygens (including phenoxy) is 1. The number of hydrogen-bond donors (Lipinski definition) is 3. The predicted octanol–water partition coefficient (Wildman–Crippen LogP) is 2.31. The SMILES string of the molecule is Cn1c(=O)n(C2CCC(=O)NC2=O)c2cccc(N3CCC(CNc4ccc(C5CNCCO5)cc4)CC3)c21. The minimum absolute atomic E-state index is 0.127. The minimum Gasteiger partial charge on any atom is -0.385 e. The molecule has 2 atom stereocenters. The second kappa shape index (κ2) is 10.9. The highest BCUT2D eigenvalue weighted by atomic mass is 16.5. The van der Waals surface area contributed by atoms with Gasteiger partial charge >= 0.3 is 5.69 Å². The number of rotatable bonds is 6. The maximum absolute atomic E-state index is 13.3. The molecular formula is C29H36N6O4. The van der Waals surface area contributed by atoms with Crippen molar-refractivity contribution in [3.05, 3.63) is 58.5 Å². The van der Waals surface area contributed by atoms with Gasteiger partial charge in [0.15, 0.2) is 0 Å². The van der Waals surface area contributed by atoms with Crippen molar-refractivity contribution in [3.8, 4) is 0 Å². The molecule has 2 amide bonds. The molecule has 3 N–H and O–H groups in total. The molecule has 1 aromatic heterocycles. The molecule has 6 rings (SSSR count). The molecule has 0 spiro atoms. The normalized spacial score (nSPS) is 22.7. The largest absolute Gasteiger partial charge is 0.385 e. The topological polar surface area (TPSA) is 110 Å². The van der Waals surface area contributed by atoms with E-state index in [-0.39, 0.29) is 24.1 Å². The lowest BCUT2D eigenvalue weighted by atomic mass is 9.96. The van der Waals surface area contributed by atoms with Crippen molar-refractivity contribution in [1.82, 2.24) is 19.8 Å². The van der Waals surface area contributed by atoms with E-state index in [0.717, 1.165) is 74.6 Å². The van der Waals surface area contributed by atoms with Crippen LogP contribution >= 0.6 is 0 Å². The fourth-order valence-corrected chi connectivity index (χ4v) is 6.14. The molecule has 4 heterocycles. The molecule has 10 nitrogen and oxygen atoms in total. The lowest BCUT2D eigenvalue weighted by molar-refractivity contribution is -0.135. The van der Waals surface area contributed by atoms with Crippen LogP contribution in [-0.4, -0.2) is 60.3 Å². The van der Waals surface area contributed by atoms with Crippen LogP contribution in [-0.2, 0) is 21.4 Å². The van der Waals surface area contributed by atoms with Gasteiger partial charge in [0.2, 0.25) is 11.8 Å². The Bertz CT molecular complexity index is 1410. The first-order chi connectivity index (χ1) is 19.0. The van der Waals surface area contributed by atoms with Crippen LogP contribution in [0.4, 0.5) is 11.4 Å². The number of aromatic nitrogens is 2. The zero-order valence-electron chi connectivity index (χ0n) is 22.3. The summed E-state index contributed by atoms with van der Waals surface area (Å²) in [6, 6.07) is 13.8. The molecule has 3 aliphatic rings. The van der Waals surface area contributed by atoms with Gasteiger partial charge in [0.05, 0.1) is 29.4 Å². The van der Waals surface area contributed by atoms with Crippen LogP contribution in [0.3, 0.4) is 0 Å². The van der Waals surface area contributed by atoms with Crippen molar-refractivity contribution >= 4 is 34.2 Å². The molecule has 0 saturated carbocycles. The third-order valence-electron chi connectivity index (χ3n) is 8.36. The highest BCUT2D eigenvalue weighted by molar-refractivity contribution is 6.00. The van der Waals surface area contributed by atoms with Crippen LogP contribution in [0.5, 0.6) is 0 Å². The Morgan fingerprint density at radius 2 is 1.82 bits per heavy atom. The number of hydrogen-bond acceptors (Lipinski definition) is 7. The first kappa shape index (κ1) is 25.6. The summed E-state index contributed by atoms with van der Waals surface area (Å²) in [5.41, 5.74) is 4.68. The van der Waals surface area contributed by atoms with Crippen molar-refractivity contribution in [2.45, 2.75) is 37.8 Å². The predicted molar refractivity (Wildman–Crippen MR) is 150 cm³/mol. The highest BCUT2D eigenvalue weighted by Gasteiger charge is 2.32. The molecule has 2 unspecified atom stereocenters. The van der Waals surface area contributed by atoms with Crippen LogP contribution in [0.2, 0.25) is 0 Å². The first-order valence-corrected chi connectivity index (χ1v) is 13.9. The summed E-state index contributed by atoms with van der Waals surface area (Å²) in [5.74, 6) is -0.136. The van der Waals surface area contributed by atoms with Crippen molar-refractivity contribution < 1.29 is 14.3 Å². The van der Waals surface area contributed by atoms with E-state index in [1.54, 1.807) is 16.2 Å². The summed E-state index contributed by atoms with van der Waals surface area (Å²) < 4.78 is 9.04. The Morgan fingerprint density at radius 1 is 1.03 bits per heavy atom. The van der Waals surface area contributed by atoms with E-state index in [1.807, 2.05) is 12.1 Å². The number of morpholine rings is 1. The van der Waals surface area contributed by atoms with Gasteiger partial charge in [-0.3, -0.25) is 24.0 Å². The standard InChI is InChI=1S/C29H36N6O4/c1-33-27-22(3-2-4-23(27)35(29(33)38)24-9-10-26(36)32-28(24)37)34-14-11-19(12-15-34)17-31-21-7-5-20(6-8-21)25-18-30-13-16-39-25/h2-8,19,24-25,30-31H,9-18H2,1H3,(H,32,36,37). The van der Waals surface area contributed by atoms with E-state index in [9.17, 15) is 14.4 Å². The number of aryl methyl sites for hydroxylation is 1. The van der Waals surface area contributed by atoms with Gasteiger partial charge < -0.3 is 20.3 Å². The van der Waals surface area contributed by atoms with Gasteiger partial charge in [-0.05, 0) is 55.0 Å². The van der Waals surface area contributed by atoms with E-state index < -0.39 is 11.9 Å². The van der Waals surface area contributed by atoms with E-state index in [2.05, 4.69) is 51.2 Å². The number of benzene rings is 2. The second-order valence-corrected chi connectivity index (χ2v) is 10.8. The summed E-state index contributed by atoms with van der Waals surface area (Å²) >= 11 is 0. The molecule has 3 aromatic rings. The van der Waals surface area contributed by atoms with Gasteiger partial charge in [0.25, 0.3) is 0 Å². The maximum atomic E-state index is 13.3. The Hall–Kier alpha value is -3.63. The van der Waals surface area contributed by atoms with Crippen LogP contribution in [0.15, 0.2) is 47.3 Å². The summed E-state index contributed by atoms with van der Waals surface area (Å²) in [6.45, 7) is 5.23. The number of fused-ring (bicyclic) bond motifs is 1. The van der Waals surface area contributed by atoms with Gasteiger partial charge in [-0.25, -0.2) is 4.79 Å². The van der Waals surface area contributed by atoms with Gasteiger partial charge in [0, 0.05) is 51.9 Å². The molecule has 3 fully saturated rings. The average Bonchev–Trinajstić information content (AvgIpc) is 3.22. The minimum atomic E-state index is -0.674. The number of nitrogens with zero attached hydrogens (tertiary/aromatic N) is 3. The smallest absolute Gasteiger partial charge is 0.329 e. The van der Waals surface area contributed by atoms with Crippen LogP contribution in [0, 0.1) is 5.92 Å². The molecule has 206 valence electrons. The van der Waals surface area contributed by atoms with Crippen LogP contribution < -0.4 is 26.5 Å². The molecule has 2 aromatic carbocycles. The number of anilines is 2. The van der Waals surface area contributed by atoms with E-state index >= 15 is 0 Å². The number of imidazole rings is 1. The fraction of sp³-hybridized carbons (Fsp3) is 0.483. The fourth-order valence-electron chi connectivity index (χ4n) is 6.14. The lowest BCUT2D eigenvalue weighted by Crippen LogP contribution is -2.44. The molecule has 39 heavy (non-hydrogen) atoms. The average molecular weight is 533 g/mol. The summed E-state index contributed by atoms with van der Waals surface area (Å²) in [4.78, 5) is 39.8. The second-order valence-electron chi connectivity index (χ2n) is 10.8. The first-order valence-electron chi connectivity index (χ1n) is 13.9. The zero-order valence-corrected chi connectivity index (χ0v) is 22.3.